The minimum Gasteiger partial charge on any atom is -0.376 e. The maximum atomic E-state index is 11.5. The Morgan fingerprint density at radius 3 is 3.36 bits per heavy atom. The zero-order valence-corrected chi connectivity index (χ0v) is 7.46. The van der Waals surface area contributed by atoms with E-state index in [1.807, 2.05) is 0 Å². The van der Waals surface area contributed by atoms with Crippen molar-refractivity contribution in [1.29, 1.82) is 0 Å². The Morgan fingerprint density at radius 1 is 1.50 bits per heavy atom. The first-order valence-electron chi connectivity index (χ1n) is 4.51. The molecule has 0 amide bonds. The highest BCUT2D eigenvalue weighted by Crippen LogP contribution is 2.21. The lowest BCUT2D eigenvalue weighted by Gasteiger charge is -2.11. The van der Waals surface area contributed by atoms with E-state index in [0.717, 1.165) is 17.7 Å². The molecule has 2 aromatic heterocycles. The van der Waals surface area contributed by atoms with Crippen molar-refractivity contribution in [3.63, 3.8) is 0 Å². The number of aromatic amines is 2. The van der Waals surface area contributed by atoms with Gasteiger partial charge in [0.2, 0.25) is 0 Å². The van der Waals surface area contributed by atoms with Crippen LogP contribution in [0, 0.1) is 0 Å². The Balaban J connectivity index is 2.44. The number of nitrogens with zero attached hydrogens (tertiary/aromatic N) is 1. The van der Waals surface area contributed by atoms with Gasteiger partial charge in [-0.1, -0.05) is 0 Å². The van der Waals surface area contributed by atoms with Crippen molar-refractivity contribution in [2.24, 2.45) is 0 Å². The zero-order valence-electron chi connectivity index (χ0n) is 7.46. The molecule has 0 spiro atoms. The van der Waals surface area contributed by atoms with Gasteiger partial charge < -0.3 is 14.7 Å². The van der Waals surface area contributed by atoms with Gasteiger partial charge in [0.15, 0.2) is 0 Å². The summed E-state index contributed by atoms with van der Waals surface area (Å²) in [5, 5.41) is 0.641. The summed E-state index contributed by atoms with van der Waals surface area (Å²) in [5.41, 5.74) is 2.60. The number of fused-ring (bicyclic) bond motifs is 3. The van der Waals surface area contributed by atoms with E-state index in [-0.39, 0.29) is 5.56 Å². The smallest absolute Gasteiger partial charge is 0.260 e. The minimum absolute atomic E-state index is 0.0991. The van der Waals surface area contributed by atoms with Gasteiger partial charge in [0.1, 0.15) is 5.65 Å². The Labute approximate surface area is 79.1 Å². The van der Waals surface area contributed by atoms with Crippen LogP contribution < -0.4 is 5.56 Å². The van der Waals surface area contributed by atoms with Crippen molar-refractivity contribution in [2.75, 3.05) is 6.61 Å². The van der Waals surface area contributed by atoms with Crippen molar-refractivity contribution in [2.45, 2.75) is 13.0 Å². The van der Waals surface area contributed by atoms with E-state index in [0.29, 0.717) is 24.2 Å². The average Bonchev–Trinajstić information content (AvgIpc) is 2.57. The second-order valence-corrected chi connectivity index (χ2v) is 3.34. The Hall–Kier alpha value is -1.62. The quantitative estimate of drug-likeness (QED) is 0.630. The molecular weight excluding hydrogens is 182 g/mol. The topological polar surface area (TPSA) is 70.8 Å². The standard InChI is InChI=1S/C9H9N3O2/c13-9-7-5-3-14-2-1-6(5)12-8(7)10-4-11-9/h4H,1-3H2,(H2,10,11,12,13). The monoisotopic (exact) mass is 191 g/mol. The van der Waals surface area contributed by atoms with Gasteiger partial charge in [-0.05, 0) is 0 Å². The van der Waals surface area contributed by atoms with Crippen LogP contribution in [-0.4, -0.2) is 21.6 Å². The Morgan fingerprint density at radius 2 is 2.43 bits per heavy atom. The van der Waals surface area contributed by atoms with Crippen LogP contribution in [0.3, 0.4) is 0 Å². The summed E-state index contributed by atoms with van der Waals surface area (Å²) in [6.07, 6.45) is 2.23. The highest BCUT2D eigenvalue weighted by molar-refractivity contribution is 5.80. The number of ether oxygens (including phenoxy) is 1. The summed E-state index contributed by atoms with van der Waals surface area (Å²) in [6.45, 7) is 1.21. The van der Waals surface area contributed by atoms with E-state index in [2.05, 4.69) is 15.0 Å². The van der Waals surface area contributed by atoms with Gasteiger partial charge in [-0.2, -0.15) is 0 Å². The number of hydrogen-bond acceptors (Lipinski definition) is 3. The predicted octanol–water partition coefficient (Wildman–Crippen LogP) is 0.324. The third kappa shape index (κ3) is 0.927. The highest BCUT2D eigenvalue weighted by Gasteiger charge is 2.18. The van der Waals surface area contributed by atoms with Crippen molar-refractivity contribution in [1.82, 2.24) is 15.0 Å². The lowest BCUT2D eigenvalue weighted by atomic mass is 10.1. The molecule has 0 unspecified atom stereocenters. The van der Waals surface area contributed by atoms with Crippen molar-refractivity contribution in [3.8, 4) is 0 Å². The molecule has 0 radical (unpaired) electrons. The molecular formula is C9H9N3O2. The Bertz CT molecular complexity index is 540. The summed E-state index contributed by atoms with van der Waals surface area (Å²) in [7, 11) is 0. The summed E-state index contributed by atoms with van der Waals surface area (Å²) in [6, 6.07) is 0. The molecule has 0 atom stereocenters. The highest BCUT2D eigenvalue weighted by atomic mass is 16.5. The lowest BCUT2D eigenvalue weighted by Crippen LogP contribution is -2.11. The molecule has 0 saturated carbocycles. The van der Waals surface area contributed by atoms with Crippen LogP contribution in [0.5, 0.6) is 0 Å². The van der Waals surface area contributed by atoms with Gasteiger partial charge in [0, 0.05) is 17.7 Å². The fourth-order valence-corrected chi connectivity index (χ4v) is 1.86. The molecule has 72 valence electrons. The maximum Gasteiger partial charge on any atom is 0.260 e. The van der Waals surface area contributed by atoms with Crippen LogP contribution in [0.1, 0.15) is 11.3 Å². The summed E-state index contributed by atoms with van der Waals surface area (Å²) < 4.78 is 5.32. The van der Waals surface area contributed by atoms with Crippen LogP contribution in [-0.2, 0) is 17.8 Å². The van der Waals surface area contributed by atoms with E-state index in [1.165, 1.54) is 6.33 Å². The van der Waals surface area contributed by atoms with E-state index in [9.17, 15) is 4.79 Å². The molecule has 2 N–H and O–H groups in total. The first kappa shape index (κ1) is 7.75. The maximum absolute atomic E-state index is 11.5. The molecule has 3 heterocycles. The fraction of sp³-hybridized carbons (Fsp3) is 0.333. The number of aromatic nitrogens is 3. The molecule has 0 bridgehead atoms. The van der Waals surface area contributed by atoms with Gasteiger partial charge in [0.25, 0.3) is 5.56 Å². The van der Waals surface area contributed by atoms with E-state index in [4.69, 9.17) is 4.74 Å². The normalized spacial score (nSPS) is 15.7. The van der Waals surface area contributed by atoms with Crippen LogP contribution in [0.2, 0.25) is 0 Å². The van der Waals surface area contributed by atoms with Gasteiger partial charge in [-0.3, -0.25) is 4.79 Å². The molecule has 0 saturated heterocycles. The van der Waals surface area contributed by atoms with Gasteiger partial charge in [0.05, 0.1) is 24.9 Å². The van der Waals surface area contributed by atoms with Crippen molar-refractivity contribution >= 4 is 11.0 Å². The number of nitrogens with one attached hydrogen (secondary N) is 2. The van der Waals surface area contributed by atoms with Gasteiger partial charge in [-0.15, -0.1) is 0 Å². The lowest BCUT2D eigenvalue weighted by molar-refractivity contribution is 0.111. The molecule has 0 fully saturated rings. The first-order valence-corrected chi connectivity index (χ1v) is 4.51. The van der Waals surface area contributed by atoms with Crippen LogP contribution >= 0.6 is 0 Å². The molecule has 14 heavy (non-hydrogen) atoms. The molecule has 1 aliphatic heterocycles. The van der Waals surface area contributed by atoms with E-state index < -0.39 is 0 Å². The third-order valence-electron chi connectivity index (χ3n) is 2.53. The van der Waals surface area contributed by atoms with Crippen molar-refractivity contribution < 1.29 is 4.74 Å². The zero-order chi connectivity index (χ0) is 9.54. The second kappa shape index (κ2) is 2.68. The SMILES string of the molecule is O=c1[nH]cnc2[nH]c3c(c12)COCC3. The van der Waals surface area contributed by atoms with Crippen LogP contribution in [0.15, 0.2) is 11.1 Å². The van der Waals surface area contributed by atoms with E-state index >= 15 is 0 Å². The number of rotatable bonds is 0. The van der Waals surface area contributed by atoms with E-state index in [1.54, 1.807) is 0 Å². The predicted molar refractivity (Wildman–Crippen MR) is 50.1 cm³/mol. The molecule has 0 aliphatic carbocycles. The molecule has 5 heteroatoms. The molecule has 5 nitrogen and oxygen atoms in total. The fourth-order valence-electron chi connectivity index (χ4n) is 1.86. The Kier molecular flexibility index (Phi) is 1.49. The molecule has 0 aromatic carbocycles. The van der Waals surface area contributed by atoms with Gasteiger partial charge >= 0.3 is 0 Å². The third-order valence-corrected chi connectivity index (χ3v) is 2.53. The second-order valence-electron chi connectivity index (χ2n) is 3.34. The largest absolute Gasteiger partial charge is 0.376 e. The molecule has 2 aromatic rings. The first-order chi connectivity index (χ1) is 6.86. The van der Waals surface area contributed by atoms with Crippen molar-refractivity contribution in [3.05, 3.63) is 27.9 Å². The summed E-state index contributed by atoms with van der Waals surface area (Å²) in [5.74, 6) is 0. The minimum atomic E-state index is -0.0991. The summed E-state index contributed by atoms with van der Waals surface area (Å²) in [4.78, 5) is 21.3. The summed E-state index contributed by atoms with van der Waals surface area (Å²) >= 11 is 0. The number of H-pyrrole nitrogens is 2. The number of hydrogen-bond donors (Lipinski definition) is 2. The average molecular weight is 191 g/mol. The molecule has 3 rings (SSSR count). The molecule has 1 aliphatic rings. The van der Waals surface area contributed by atoms with Crippen LogP contribution in [0.25, 0.3) is 11.0 Å². The van der Waals surface area contributed by atoms with Gasteiger partial charge in [-0.25, -0.2) is 4.98 Å². The van der Waals surface area contributed by atoms with Crippen LogP contribution in [0.4, 0.5) is 0 Å².